The van der Waals surface area contributed by atoms with Gasteiger partial charge in [-0.15, -0.1) is 0 Å². The van der Waals surface area contributed by atoms with Gasteiger partial charge in [0.25, 0.3) is 0 Å². The molecule has 1 saturated heterocycles. The van der Waals surface area contributed by atoms with Crippen molar-refractivity contribution in [2.45, 2.75) is 38.0 Å². The summed E-state index contributed by atoms with van der Waals surface area (Å²) >= 11 is 0. The molecule has 2 heterocycles. The Bertz CT molecular complexity index is 751. The van der Waals surface area contributed by atoms with Crippen molar-refractivity contribution in [3.8, 4) is 0 Å². The Kier molecular flexibility index (Phi) is 3.80. The van der Waals surface area contributed by atoms with E-state index >= 15 is 0 Å². The van der Waals surface area contributed by atoms with Crippen LogP contribution in [-0.2, 0) is 14.8 Å². The quantitative estimate of drug-likeness (QED) is 0.940. The van der Waals surface area contributed by atoms with Gasteiger partial charge in [-0.2, -0.15) is 9.40 Å². The van der Waals surface area contributed by atoms with Crippen LogP contribution in [0.15, 0.2) is 35.2 Å². The monoisotopic (exact) mass is 321 g/mol. The molecule has 2 aromatic rings. The number of hydrogen-bond acceptors (Lipinski definition) is 4. The Morgan fingerprint density at radius 2 is 1.95 bits per heavy atom. The molecule has 0 amide bonds. The highest BCUT2D eigenvalue weighted by molar-refractivity contribution is 7.89. The minimum Gasteiger partial charge on any atom is -0.353 e. The number of aryl methyl sites for hydroxylation is 2. The average Bonchev–Trinajstić information content (AvgIpc) is 3.03. The molecule has 118 valence electrons. The summed E-state index contributed by atoms with van der Waals surface area (Å²) in [7, 11) is -3.63. The van der Waals surface area contributed by atoms with Crippen molar-refractivity contribution in [2.75, 3.05) is 6.54 Å². The van der Waals surface area contributed by atoms with Crippen LogP contribution >= 0.6 is 0 Å². The van der Waals surface area contributed by atoms with Gasteiger partial charge >= 0.3 is 0 Å². The summed E-state index contributed by atoms with van der Waals surface area (Å²) in [5, 5.41) is 6.71. The number of ether oxygens (including phenoxy) is 1. The SMILES string of the molecule is Cc1n[nH]c(C)c1S(=O)(=O)N1CC(c2ccccc2)OC1C. The number of aromatic amines is 1. The summed E-state index contributed by atoms with van der Waals surface area (Å²) in [4.78, 5) is 0.247. The van der Waals surface area contributed by atoms with Gasteiger partial charge in [-0.1, -0.05) is 30.3 Å². The normalized spacial score (nSPS) is 23.0. The average molecular weight is 321 g/mol. The fraction of sp³-hybridized carbons (Fsp3) is 0.400. The molecule has 0 saturated carbocycles. The molecular weight excluding hydrogens is 302 g/mol. The lowest BCUT2D eigenvalue weighted by Gasteiger charge is -2.19. The van der Waals surface area contributed by atoms with Gasteiger partial charge in [-0.3, -0.25) is 5.10 Å². The molecule has 0 bridgehead atoms. The predicted octanol–water partition coefficient (Wildman–Crippen LogP) is 2.13. The van der Waals surface area contributed by atoms with E-state index < -0.39 is 16.3 Å². The van der Waals surface area contributed by atoms with Crippen LogP contribution in [0.25, 0.3) is 0 Å². The molecule has 0 aliphatic carbocycles. The van der Waals surface area contributed by atoms with Gasteiger partial charge in [0, 0.05) is 6.54 Å². The lowest BCUT2D eigenvalue weighted by Crippen LogP contribution is -2.34. The minimum atomic E-state index is -3.63. The first-order valence-electron chi connectivity index (χ1n) is 7.15. The maximum absolute atomic E-state index is 12.9. The second-order valence-electron chi connectivity index (χ2n) is 5.47. The van der Waals surface area contributed by atoms with Crippen LogP contribution in [-0.4, -0.2) is 35.7 Å². The van der Waals surface area contributed by atoms with Crippen molar-refractivity contribution in [2.24, 2.45) is 0 Å². The number of hydrogen-bond donors (Lipinski definition) is 1. The molecule has 2 atom stereocenters. The van der Waals surface area contributed by atoms with E-state index in [4.69, 9.17) is 4.74 Å². The molecule has 22 heavy (non-hydrogen) atoms. The third-order valence-corrected chi connectivity index (χ3v) is 6.09. The first-order chi connectivity index (χ1) is 10.4. The molecule has 0 spiro atoms. The van der Waals surface area contributed by atoms with Gasteiger partial charge in [0.1, 0.15) is 11.1 Å². The molecule has 0 radical (unpaired) electrons. The summed E-state index contributed by atoms with van der Waals surface area (Å²) < 4.78 is 33.1. The van der Waals surface area contributed by atoms with Crippen molar-refractivity contribution < 1.29 is 13.2 Å². The van der Waals surface area contributed by atoms with E-state index in [-0.39, 0.29) is 11.0 Å². The Morgan fingerprint density at radius 1 is 1.27 bits per heavy atom. The van der Waals surface area contributed by atoms with E-state index in [1.807, 2.05) is 30.3 Å². The molecule has 7 heteroatoms. The summed E-state index contributed by atoms with van der Waals surface area (Å²) in [6.07, 6.45) is -0.762. The highest BCUT2D eigenvalue weighted by Gasteiger charge is 2.41. The zero-order valence-electron chi connectivity index (χ0n) is 12.8. The predicted molar refractivity (Wildman–Crippen MR) is 81.7 cm³/mol. The molecule has 2 unspecified atom stereocenters. The zero-order chi connectivity index (χ0) is 15.9. The maximum atomic E-state index is 12.9. The number of nitrogens with one attached hydrogen (secondary N) is 1. The van der Waals surface area contributed by atoms with Crippen LogP contribution in [0, 0.1) is 13.8 Å². The number of aromatic nitrogens is 2. The van der Waals surface area contributed by atoms with Crippen LogP contribution in [0.1, 0.15) is 30.0 Å². The topological polar surface area (TPSA) is 75.3 Å². The van der Waals surface area contributed by atoms with E-state index in [0.717, 1.165) is 5.56 Å². The van der Waals surface area contributed by atoms with Crippen LogP contribution < -0.4 is 0 Å². The van der Waals surface area contributed by atoms with Crippen molar-refractivity contribution in [3.63, 3.8) is 0 Å². The second kappa shape index (κ2) is 5.49. The van der Waals surface area contributed by atoms with E-state index in [2.05, 4.69) is 10.2 Å². The molecule has 1 aromatic carbocycles. The van der Waals surface area contributed by atoms with Gasteiger partial charge in [-0.05, 0) is 26.3 Å². The number of nitrogens with zero attached hydrogens (tertiary/aromatic N) is 2. The Hall–Kier alpha value is -1.70. The highest BCUT2D eigenvalue weighted by atomic mass is 32.2. The Labute approximate surface area is 130 Å². The van der Waals surface area contributed by atoms with Crippen LogP contribution in [0.2, 0.25) is 0 Å². The fourth-order valence-electron chi connectivity index (χ4n) is 2.84. The van der Waals surface area contributed by atoms with Crippen molar-refractivity contribution in [1.29, 1.82) is 0 Å². The maximum Gasteiger partial charge on any atom is 0.249 e. The summed E-state index contributed by atoms with van der Waals surface area (Å²) in [5.41, 5.74) is 2.01. The van der Waals surface area contributed by atoms with Gasteiger partial charge in [-0.25, -0.2) is 8.42 Å². The lowest BCUT2D eigenvalue weighted by atomic mass is 10.1. The Balaban J connectivity index is 1.93. The highest BCUT2D eigenvalue weighted by Crippen LogP contribution is 2.34. The largest absolute Gasteiger partial charge is 0.353 e. The first-order valence-corrected chi connectivity index (χ1v) is 8.59. The first kappa shape index (κ1) is 15.2. The fourth-order valence-corrected chi connectivity index (χ4v) is 4.70. The number of benzene rings is 1. The number of rotatable bonds is 3. The van der Waals surface area contributed by atoms with E-state index in [1.54, 1.807) is 20.8 Å². The van der Waals surface area contributed by atoms with Crippen molar-refractivity contribution >= 4 is 10.0 Å². The zero-order valence-corrected chi connectivity index (χ0v) is 13.6. The molecular formula is C15H19N3O3S. The van der Waals surface area contributed by atoms with Gasteiger partial charge in [0.2, 0.25) is 10.0 Å². The van der Waals surface area contributed by atoms with E-state index in [1.165, 1.54) is 4.31 Å². The van der Waals surface area contributed by atoms with Crippen molar-refractivity contribution in [3.05, 3.63) is 47.3 Å². The number of H-pyrrole nitrogens is 1. The summed E-state index contributed by atoms with van der Waals surface area (Å²) in [6, 6.07) is 9.66. The Morgan fingerprint density at radius 3 is 2.55 bits per heavy atom. The molecule has 1 aliphatic rings. The van der Waals surface area contributed by atoms with E-state index in [9.17, 15) is 8.42 Å². The van der Waals surface area contributed by atoms with Gasteiger partial charge in [0.15, 0.2) is 0 Å². The number of sulfonamides is 1. The third-order valence-electron chi connectivity index (χ3n) is 3.91. The summed E-state index contributed by atoms with van der Waals surface area (Å²) in [6.45, 7) is 5.46. The van der Waals surface area contributed by atoms with Crippen LogP contribution in [0.4, 0.5) is 0 Å². The molecule has 3 rings (SSSR count). The third kappa shape index (κ3) is 2.45. The van der Waals surface area contributed by atoms with Crippen LogP contribution in [0.5, 0.6) is 0 Å². The smallest absolute Gasteiger partial charge is 0.249 e. The standard InChI is InChI=1S/C15H19N3O3S/c1-10-15(11(2)17-16-10)22(19,20)18-9-14(21-12(18)3)13-7-5-4-6-8-13/h4-8,12,14H,9H2,1-3H3,(H,16,17). The van der Waals surface area contributed by atoms with Gasteiger partial charge in [0.05, 0.1) is 17.5 Å². The van der Waals surface area contributed by atoms with Crippen molar-refractivity contribution in [1.82, 2.24) is 14.5 Å². The molecule has 1 fully saturated rings. The molecule has 1 aromatic heterocycles. The lowest BCUT2D eigenvalue weighted by molar-refractivity contribution is 0.0344. The van der Waals surface area contributed by atoms with Gasteiger partial charge < -0.3 is 4.74 Å². The molecule has 1 aliphatic heterocycles. The van der Waals surface area contributed by atoms with Crippen LogP contribution in [0.3, 0.4) is 0 Å². The van der Waals surface area contributed by atoms with E-state index in [0.29, 0.717) is 17.9 Å². The summed E-state index contributed by atoms with van der Waals surface area (Å²) in [5.74, 6) is 0. The molecule has 1 N–H and O–H groups in total. The minimum absolute atomic E-state index is 0.247. The second-order valence-corrected chi connectivity index (χ2v) is 7.30. The molecule has 6 nitrogen and oxygen atoms in total.